The van der Waals surface area contributed by atoms with Crippen LogP contribution in [-0.2, 0) is 4.79 Å². The van der Waals surface area contributed by atoms with Crippen molar-refractivity contribution >= 4 is 23.5 Å². The third kappa shape index (κ3) is 1.73. The Morgan fingerprint density at radius 1 is 1.58 bits per heavy atom. The number of nitrogens with one attached hydrogen (secondary N) is 2. The number of aromatic nitrogens is 2. The largest absolute Gasteiger partial charge is 0.481 e. The number of aromatic amines is 1. The summed E-state index contributed by atoms with van der Waals surface area (Å²) in [5.74, 6) is -1.21. The highest BCUT2D eigenvalue weighted by Gasteiger charge is 2.56. The van der Waals surface area contributed by atoms with Crippen LogP contribution < -0.4 is 5.32 Å². The van der Waals surface area contributed by atoms with Gasteiger partial charge in [-0.2, -0.15) is 5.10 Å². The van der Waals surface area contributed by atoms with Gasteiger partial charge in [0.15, 0.2) is 0 Å². The number of hydrogen-bond donors (Lipinski definition) is 3. The third-order valence-corrected chi connectivity index (χ3v) is 4.33. The molecule has 0 unspecified atom stereocenters. The second kappa shape index (κ2) is 4.21. The average Bonchev–Trinajstić information content (AvgIpc) is 3.00. The van der Waals surface area contributed by atoms with Gasteiger partial charge >= 0.3 is 5.97 Å². The monoisotopic (exact) mass is 284 g/mol. The second-order valence-electron chi connectivity index (χ2n) is 5.07. The standard InChI is InChI=1S/C11H13ClN4O3/c12-7-2-14-15-8(7)9(17)16-3-6-1-13-4-11(6,5-16)10(18)19/h2,6,13H,1,3-5H2,(H,14,15)(H,18,19)/t6-,11-/m1/s1. The van der Waals surface area contributed by atoms with Gasteiger partial charge in [0.1, 0.15) is 11.1 Å². The first-order chi connectivity index (χ1) is 9.04. The molecule has 2 fully saturated rings. The molecule has 2 saturated heterocycles. The topological polar surface area (TPSA) is 98.3 Å². The van der Waals surface area contributed by atoms with Crippen LogP contribution in [0.25, 0.3) is 0 Å². The molecule has 3 N–H and O–H groups in total. The van der Waals surface area contributed by atoms with Gasteiger partial charge in [0, 0.05) is 32.1 Å². The van der Waals surface area contributed by atoms with Crippen LogP contribution in [0.3, 0.4) is 0 Å². The molecule has 1 aromatic heterocycles. The van der Waals surface area contributed by atoms with Crippen LogP contribution in [0, 0.1) is 11.3 Å². The van der Waals surface area contributed by atoms with Gasteiger partial charge in [-0.15, -0.1) is 0 Å². The molecule has 1 aromatic rings. The van der Waals surface area contributed by atoms with Crippen molar-refractivity contribution in [2.45, 2.75) is 0 Å². The summed E-state index contributed by atoms with van der Waals surface area (Å²) in [7, 11) is 0. The fourth-order valence-electron chi connectivity index (χ4n) is 2.96. The van der Waals surface area contributed by atoms with E-state index in [1.807, 2.05) is 0 Å². The lowest BCUT2D eigenvalue weighted by atomic mass is 9.81. The zero-order valence-electron chi connectivity index (χ0n) is 10.0. The predicted octanol–water partition coefficient (Wildman–Crippen LogP) is -0.191. The maximum absolute atomic E-state index is 12.3. The van der Waals surface area contributed by atoms with Gasteiger partial charge < -0.3 is 15.3 Å². The number of carboxylic acids is 1. The highest BCUT2D eigenvalue weighted by molar-refractivity contribution is 6.33. The molecule has 1 amide bonds. The Bertz CT molecular complexity index is 546. The van der Waals surface area contributed by atoms with E-state index in [-0.39, 0.29) is 29.1 Å². The van der Waals surface area contributed by atoms with Gasteiger partial charge in [0.25, 0.3) is 5.91 Å². The fraction of sp³-hybridized carbons (Fsp3) is 0.545. The smallest absolute Gasteiger partial charge is 0.313 e. The minimum Gasteiger partial charge on any atom is -0.481 e. The summed E-state index contributed by atoms with van der Waals surface area (Å²) in [6.45, 7) is 1.64. The first-order valence-electron chi connectivity index (χ1n) is 5.97. The molecule has 0 aromatic carbocycles. The molecule has 19 heavy (non-hydrogen) atoms. The van der Waals surface area contributed by atoms with E-state index >= 15 is 0 Å². The second-order valence-corrected chi connectivity index (χ2v) is 5.47. The highest BCUT2D eigenvalue weighted by atomic mass is 35.5. The molecule has 8 heteroatoms. The number of likely N-dealkylation sites (tertiary alicyclic amines) is 1. The van der Waals surface area contributed by atoms with Crippen LogP contribution in [0.5, 0.6) is 0 Å². The van der Waals surface area contributed by atoms with Crippen LogP contribution >= 0.6 is 11.6 Å². The maximum atomic E-state index is 12.3. The van der Waals surface area contributed by atoms with Crippen molar-refractivity contribution in [3.8, 4) is 0 Å². The first kappa shape index (κ1) is 12.4. The molecule has 2 aliphatic rings. The van der Waals surface area contributed by atoms with Crippen molar-refractivity contribution in [2.24, 2.45) is 11.3 Å². The number of H-pyrrole nitrogens is 1. The molecular weight excluding hydrogens is 272 g/mol. The van der Waals surface area contributed by atoms with Gasteiger partial charge in [-0.05, 0) is 0 Å². The number of rotatable bonds is 2. The summed E-state index contributed by atoms with van der Waals surface area (Å²) < 4.78 is 0. The van der Waals surface area contributed by atoms with E-state index in [4.69, 9.17) is 11.6 Å². The summed E-state index contributed by atoms with van der Waals surface area (Å²) in [4.78, 5) is 25.3. The van der Waals surface area contributed by atoms with E-state index in [0.29, 0.717) is 19.6 Å². The molecule has 2 atom stereocenters. The average molecular weight is 285 g/mol. The van der Waals surface area contributed by atoms with E-state index in [1.165, 1.54) is 6.20 Å². The van der Waals surface area contributed by atoms with E-state index < -0.39 is 11.4 Å². The molecule has 2 aliphatic heterocycles. The Balaban J connectivity index is 1.85. The molecular formula is C11H13ClN4O3. The zero-order valence-corrected chi connectivity index (χ0v) is 10.8. The number of carboxylic acid groups (broad SMARTS) is 1. The molecule has 102 valence electrons. The van der Waals surface area contributed by atoms with Crippen molar-refractivity contribution in [2.75, 3.05) is 26.2 Å². The molecule has 0 spiro atoms. The van der Waals surface area contributed by atoms with Crippen LogP contribution in [0.4, 0.5) is 0 Å². The summed E-state index contributed by atoms with van der Waals surface area (Å²) in [6.07, 6.45) is 1.36. The Morgan fingerprint density at radius 3 is 2.95 bits per heavy atom. The van der Waals surface area contributed by atoms with Crippen molar-refractivity contribution in [3.63, 3.8) is 0 Å². The molecule has 0 aliphatic carbocycles. The predicted molar refractivity (Wildman–Crippen MR) is 65.9 cm³/mol. The number of amides is 1. The van der Waals surface area contributed by atoms with Gasteiger partial charge in [0.2, 0.25) is 0 Å². The molecule has 0 bridgehead atoms. The van der Waals surface area contributed by atoms with E-state index in [2.05, 4.69) is 15.5 Å². The van der Waals surface area contributed by atoms with Crippen LogP contribution in [0.2, 0.25) is 5.02 Å². The lowest BCUT2D eigenvalue weighted by Gasteiger charge is -2.22. The van der Waals surface area contributed by atoms with Crippen LogP contribution in [0.15, 0.2) is 6.20 Å². The number of carbonyl (C=O) groups is 2. The molecule has 7 nitrogen and oxygen atoms in total. The van der Waals surface area contributed by atoms with Crippen molar-refractivity contribution in [3.05, 3.63) is 16.9 Å². The lowest BCUT2D eigenvalue weighted by molar-refractivity contribution is -0.148. The van der Waals surface area contributed by atoms with E-state index in [9.17, 15) is 14.7 Å². The molecule has 3 rings (SSSR count). The minimum absolute atomic E-state index is 0.0596. The summed E-state index contributed by atoms with van der Waals surface area (Å²) in [5, 5.41) is 19.0. The normalized spacial score (nSPS) is 29.5. The Hall–Kier alpha value is -1.60. The highest BCUT2D eigenvalue weighted by Crippen LogP contribution is 2.39. The SMILES string of the molecule is O=C(c1[nH]ncc1Cl)N1C[C@H]2CNC[C@@]2(C(=O)O)C1. The minimum atomic E-state index is -0.873. The number of halogens is 1. The summed E-state index contributed by atoms with van der Waals surface area (Å²) in [5.41, 5.74) is -0.655. The van der Waals surface area contributed by atoms with Crippen LogP contribution in [-0.4, -0.2) is 58.3 Å². The number of aliphatic carboxylic acids is 1. The Labute approximate surface area is 113 Å². The summed E-state index contributed by atoms with van der Waals surface area (Å²) >= 11 is 5.86. The number of hydrogen-bond acceptors (Lipinski definition) is 4. The Kier molecular flexibility index (Phi) is 2.75. The number of nitrogens with zero attached hydrogens (tertiary/aromatic N) is 2. The lowest BCUT2D eigenvalue weighted by Crippen LogP contribution is -2.41. The van der Waals surface area contributed by atoms with Crippen LogP contribution in [0.1, 0.15) is 10.5 Å². The zero-order chi connectivity index (χ0) is 13.6. The third-order valence-electron chi connectivity index (χ3n) is 4.05. The quantitative estimate of drug-likeness (QED) is 0.699. The van der Waals surface area contributed by atoms with Gasteiger partial charge in [-0.1, -0.05) is 11.6 Å². The Morgan fingerprint density at radius 2 is 2.37 bits per heavy atom. The number of carbonyl (C=O) groups excluding carboxylic acids is 1. The van der Waals surface area contributed by atoms with Gasteiger partial charge in [-0.25, -0.2) is 0 Å². The fourth-order valence-corrected chi connectivity index (χ4v) is 3.13. The first-order valence-corrected chi connectivity index (χ1v) is 6.34. The van der Waals surface area contributed by atoms with Crippen molar-refractivity contribution in [1.29, 1.82) is 0 Å². The maximum Gasteiger partial charge on any atom is 0.313 e. The van der Waals surface area contributed by atoms with Crippen molar-refractivity contribution < 1.29 is 14.7 Å². The van der Waals surface area contributed by atoms with Gasteiger partial charge in [-0.3, -0.25) is 14.7 Å². The van der Waals surface area contributed by atoms with E-state index in [1.54, 1.807) is 4.90 Å². The molecule has 3 heterocycles. The molecule has 0 saturated carbocycles. The van der Waals surface area contributed by atoms with Gasteiger partial charge in [0.05, 0.1) is 11.2 Å². The number of fused-ring (bicyclic) bond motifs is 1. The molecule has 0 radical (unpaired) electrons. The van der Waals surface area contributed by atoms with E-state index in [0.717, 1.165) is 0 Å². The van der Waals surface area contributed by atoms with Crippen molar-refractivity contribution in [1.82, 2.24) is 20.4 Å². The summed E-state index contributed by atoms with van der Waals surface area (Å²) in [6, 6.07) is 0.